The van der Waals surface area contributed by atoms with Crippen molar-refractivity contribution in [1.82, 2.24) is 14.5 Å². The monoisotopic (exact) mass is 435 g/mol. The van der Waals surface area contributed by atoms with Crippen LogP contribution in [0.25, 0.3) is 0 Å². The number of aromatic nitrogens is 2. The summed E-state index contributed by atoms with van der Waals surface area (Å²) < 4.78 is 14.0. The van der Waals surface area contributed by atoms with Crippen molar-refractivity contribution in [1.29, 1.82) is 0 Å². The number of likely N-dealkylation sites (tertiary alicyclic amines) is 1. The number of aryl methyl sites for hydroxylation is 2. The first kappa shape index (κ1) is 22.4. The number of hydrogen-bond donors (Lipinski definition) is 1. The maximum atomic E-state index is 11.1. The van der Waals surface area contributed by atoms with Gasteiger partial charge in [0.1, 0.15) is 29.5 Å². The number of benzene rings is 2. The molecule has 4 rings (SSSR count). The normalized spacial score (nSPS) is 19.1. The lowest BCUT2D eigenvalue weighted by molar-refractivity contribution is -0.0621. The van der Waals surface area contributed by atoms with E-state index in [-0.39, 0.29) is 0 Å². The van der Waals surface area contributed by atoms with Crippen LogP contribution in [-0.2, 0) is 13.1 Å². The minimum absolute atomic E-state index is 0.313. The predicted octanol–water partition coefficient (Wildman–Crippen LogP) is 4.07. The summed E-state index contributed by atoms with van der Waals surface area (Å²) in [6, 6.07) is 18.0. The lowest BCUT2D eigenvalue weighted by Gasteiger charge is -2.39. The van der Waals surface area contributed by atoms with Gasteiger partial charge in [-0.15, -0.1) is 0 Å². The molecule has 3 aromatic rings. The highest BCUT2D eigenvalue weighted by Gasteiger charge is 2.34. The zero-order valence-electron chi connectivity index (χ0n) is 18.8. The van der Waals surface area contributed by atoms with Crippen LogP contribution >= 0.6 is 0 Å². The maximum absolute atomic E-state index is 11.1. The van der Waals surface area contributed by atoms with Gasteiger partial charge < -0.3 is 19.1 Å². The van der Waals surface area contributed by atoms with E-state index in [0.29, 0.717) is 19.8 Å². The van der Waals surface area contributed by atoms with Crippen molar-refractivity contribution in [2.45, 2.75) is 44.9 Å². The molecule has 1 saturated heterocycles. The first-order chi connectivity index (χ1) is 15.6. The van der Waals surface area contributed by atoms with Crippen molar-refractivity contribution in [2.75, 3.05) is 26.3 Å². The van der Waals surface area contributed by atoms with Crippen LogP contribution in [0.5, 0.6) is 11.5 Å². The third-order valence-electron chi connectivity index (χ3n) is 5.93. The zero-order valence-corrected chi connectivity index (χ0v) is 18.8. The summed E-state index contributed by atoms with van der Waals surface area (Å²) in [7, 11) is 0. The molecular weight excluding hydrogens is 402 g/mol. The van der Waals surface area contributed by atoms with Crippen LogP contribution in [0.1, 0.15) is 30.7 Å². The summed E-state index contributed by atoms with van der Waals surface area (Å²) in [5, 5.41) is 11.1. The first-order valence-corrected chi connectivity index (χ1v) is 11.4. The van der Waals surface area contributed by atoms with Crippen molar-refractivity contribution in [3.63, 3.8) is 0 Å². The summed E-state index contributed by atoms with van der Waals surface area (Å²) in [5.74, 6) is 2.72. The van der Waals surface area contributed by atoms with Crippen LogP contribution < -0.4 is 9.47 Å². The van der Waals surface area contributed by atoms with Gasteiger partial charge in [-0.1, -0.05) is 30.3 Å². The Morgan fingerprint density at radius 3 is 2.72 bits per heavy atom. The van der Waals surface area contributed by atoms with Gasteiger partial charge in [0.05, 0.1) is 6.61 Å². The Balaban J connectivity index is 1.25. The van der Waals surface area contributed by atoms with E-state index in [2.05, 4.69) is 26.6 Å². The number of nitrogens with zero attached hydrogens (tertiary/aromatic N) is 3. The lowest BCUT2D eigenvalue weighted by Crippen LogP contribution is -2.51. The lowest BCUT2D eigenvalue weighted by atomic mass is 9.93. The Labute approximate surface area is 190 Å². The molecule has 1 fully saturated rings. The molecule has 2 aromatic carbocycles. The highest BCUT2D eigenvalue weighted by atomic mass is 16.5. The first-order valence-electron chi connectivity index (χ1n) is 11.4. The van der Waals surface area contributed by atoms with Gasteiger partial charge in [0.25, 0.3) is 0 Å². The van der Waals surface area contributed by atoms with E-state index < -0.39 is 5.60 Å². The smallest absolute Gasteiger partial charge is 0.119 e. The quantitative estimate of drug-likeness (QED) is 0.487. The van der Waals surface area contributed by atoms with Gasteiger partial charge in [0, 0.05) is 32.0 Å². The third kappa shape index (κ3) is 6.34. The largest absolute Gasteiger partial charge is 0.494 e. The predicted molar refractivity (Wildman–Crippen MR) is 125 cm³/mol. The van der Waals surface area contributed by atoms with Crippen LogP contribution in [0, 0.1) is 6.92 Å². The van der Waals surface area contributed by atoms with Crippen molar-refractivity contribution >= 4 is 0 Å². The summed E-state index contributed by atoms with van der Waals surface area (Å²) in [4.78, 5) is 6.55. The third-order valence-corrected chi connectivity index (χ3v) is 5.93. The van der Waals surface area contributed by atoms with Crippen molar-refractivity contribution in [3.8, 4) is 11.5 Å². The van der Waals surface area contributed by atoms with Gasteiger partial charge >= 0.3 is 0 Å². The van der Waals surface area contributed by atoms with E-state index in [1.165, 1.54) is 5.56 Å². The van der Waals surface area contributed by atoms with E-state index in [1.807, 2.05) is 61.8 Å². The van der Waals surface area contributed by atoms with Gasteiger partial charge in [0.2, 0.25) is 0 Å². The molecule has 1 atom stereocenters. The Hall–Kier alpha value is -2.83. The minimum atomic E-state index is -0.826. The Morgan fingerprint density at radius 2 is 1.91 bits per heavy atom. The fraction of sp³-hybridized carbons (Fsp3) is 0.423. The standard InChI is InChI=1S/C26H33N3O3/c1-22-27-13-16-29(22)15-7-17-31-25-11-5-8-23(18-25)19-28-14-6-12-26(30,20-28)21-32-24-9-3-2-4-10-24/h2-5,8-11,13,16,18,30H,6-7,12,14-15,17,19-21H2,1H3/t26-/m1/s1. The highest BCUT2D eigenvalue weighted by Crippen LogP contribution is 2.25. The number of rotatable bonds is 10. The summed E-state index contributed by atoms with van der Waals surface area (Å²) >= 11 is 0. The Bertz CT molecular complexity index is 975. The van der Waals surface area contributed by atoms with Gasteiger partial charge in [-0.05, 0) is 62.6 Å². The molecule has 170 valence electrons. The van der Waals surface area contributed by atoms with Crippen LogP contribution in [0.3, 0.4) is 0 Å². The number of aliphatic hydroxyl groups is 1. The summed E-state index contributed by atoms with van der Waals surface area (Å²) in [6.07, 6.45) is 6.48. The van der Waals surface area contributed by atoms with Gasteiger partial charge in [0.15, 0.2) is 0 Å². The number of para-hydroxylation sites is 1. The fourth-order valence-electron chi connectivity index (χ4n) is 4.25. The number of ether oxygens (including phenoxy) is 2. The molecule has 32 heavy (non-hydrogen) atoms. The van der Waals surface area contributed by atoms with Gasteiger partial charge in [-0.2, -0.15) is 0 Å². The Kier molecular flexibility index (Phi) is 7.45. The Morgan fingerprint density at radius 1 is 1.06 bits per heavy atom. The summed E-state index contributed by atoms with van der Waals surface area (Å²) in [5.41, 5.74) is 0.370. The molecule has 1 aliphatic heterocycles. The van der Waals surface area contributed by atoms with Crippen LogP contribution in [0.2, 0.25) is 0 Å². The van der Waals surface area contributed by atoms with E-state index in [4.69, 9.17) is 9.47 Å². The van der Waals surface area contributed by atoms with E-state index >= 15 is 0 Å². The second-order valence-electron chi connectivity index (χ2n) is 8.66. The average molecular weight is 436 g/mol. The number of piperidine rings is 1. The van der Waals surface area contributed by atoms with Crippen molar-refractivity contribution < 1.29 is 14.6 Å². The van der Waals surface area contributed by atoms with Crippen LogP contribution in [0.15, 0.2) is 67.0 Å². The zero-order chi connectivity index (χ0) is 22.2. The molecule has 0 bridgehead atoms. The highest BCUT2D eigenvalue weighted by molar-refractivity contribution is 5.28. The molecule has 0 saturated carbocycles. The van der Waals surface area contributed by atoms with Crippen LogP contribution in [-0.4, -0.2) is 51.5 Å². The molecule has 0 unspecified atom stereocenters. The van der Waals surface area contributed by atoms with Crippen molar-refractivity contribution in [3.05, 3.63) is 78.4 Å². The molecule has 6 nitrogen and oxygen atoms in total. The fourth-order valence-corrected chi connectivity index (χ4v) is 4.25. The molecule has 1 N–H and O–H groups in total. The molecule has 1 aromatic heterocycles. The molecule has 0 amide bonds. The molecule has 6 heteroatoms. The van der Waals surface area contributed by atoms with Gasteiger partial charge in [-0.25, -0.2) is 4.98 Å². The number of imidazole rings is 1. The molecule has 0 radical (unpaired) electrons. The topological polar surface area (TPSA) is 59.8 Å². The molecule has 1 aliphatic rings. The van der Waals surface area contributed by atoms with Crippen molar-refractivity contribution in [2.24, 2.45) is 0 Å². The average Bonchev–Trinajstić information content (AvgIpc) is 3.21. The maximum Gasteiger partial charge on any atom is 0.119 e. The van der Waals surface area contributed by atoms with E-state index in [1.54, 1.807) is 0 Å². The molecule has 0 spiro atoms. The van der Waals surface area contributed by atoms with Crippen LogP contribution in [0.4, 0.5) is 0 Å². The number of hydrogen-bond acceptors (Lipinski definition) is 5. The summed E-state index contributed by atoms with van der Waals surface area (Å²) in [6.45, 7) is 6.27. The second kappa shape index (κ2) is 10.7. The number of β-amino-alcohol motifs (C(OH)–C–C–N with tert-alkyl or cyclic N) is 1. The van der Waals surface area contributed by atoms with E-state index in [9.17, 15) is 5.11 Å². The minimum Gasteiger partial charge on any atom is -0.494 e. The van der Waals surface area contributed by atoms with E-state index in [0.717, 1.165) is 56.2 Å². The SMILES string of the molecule is Cc1nccn1CCCOc1cccc(CN2CCC[C@](O)(COc3ccccc3)C2)c1. The molecule has 2 heterocycles. The molecule has 0 aliphatic carbocycles. The van der Waals surface area contributed by atoms with Gasteiger partial charge in [-0.3, -0.25) is 4.90 Å². The molecular formula is C26H33N3O3. The second-order valence-corrected chi connectivity index (χ2v) is 8.66.